The molecule has 6 heteroatoms. The van der Waals surface area contributed by atoms with Crippen LogP contribution in [0.4, 0.5) is 10.5 Å². The Morgan fingerprint density at radius 2 is 1.88 bits per heavy atom. The number of urea groups is 1. The Bertz CT molecular complexity index is 658. The lowest BCUT2D eigenvalue weighted by Gasteiger charge is -2.15. The predicted octanol–water partition coefficient (Wildman–Crippen LogP) is 2.95. The molecule has 0 aliphatic carbocycles. The van der Waals surface area contributed by atoms with Crippen molar-refractivity contribution in [3.8, 4) is 11.5 Å². The van der Waals surface area contributed by atoms with E-state index in [0.717, 1.165) is 0 Å². The van der Waals surface area contributed by atoms with E-state index in [1.165, 1.54) is 0 Å². The first-order chi connectivity index (χ1) is 11.6. The van der Waals surface area contributed by atoms with Crippen LogP contribution < -0.4 is 20.1 Å². The fourth-order valence-electron chi connectivity index (χ4n) is 2.15. The SMILES string of the molecule is CCOc1ccccc1NC(=O)NCC(O)c1ccc(OC)cc1. The largest absolute Gasteiger partial charge is 0.497 e. The van der Waals surface area contributed by atoms with Crippen LogP contribution in [0.15, 0.2) is 48.5 Å². The minimum absolute atomic E-state index is 0.0922. The summed E-state index contributed by atoms with van der Waals surface area (Å²) in [6.07, 6.45) is -0.802. The van der Waals surface area contributed by atoms with E-state index in [0.29, 0.717) is 29.4 Å². The number of hydrogen-bond acceptors (Lipinski definition) is 4. The maximum absolute atomic E-state index is 12.0. The van der Waals surface area contributed by atoms with Crippen molar-refractivity contribution >= 4 is 11.7 Å². The third-order valence-corrected chi connectivity index (χ3v) is 3.39. The van der Waals surface area contributed by atoms with Crippen molar-refractivity contribution < 1.29 is 19.4 Å². The maximum Gasteiger partial charge on any atom is 0.319 e. The van der Waals surface area contributed by atoms with E-state index in [9.17, 15) is 9.90 Å². The first-order valence-corrected chi connectivity index (χ1v) is 7.72. The second kappa shape index (κ2) is 8.79. The summed E-state index contributed by atoms with van der Waals surface area (Å²) in [5.74, 6) is 1.31. The summed E-state index contributed by atoms with van der Waals surface area (Å²) in [5, 5.41) is 15.5. The molecular formula is C18H22N2O4. The molecule has 0 spiro atoms. The average molecular weight is 330 g/mol. The topological polar surface area (TPSA) is 79.8 Å². The van der Waals surface area contributed by atoms with Crippen molar-refractivity contribution in [1.82, 2.24) is 5.32 Å². The van der Waals surface area contributed by atoms with E-state index in [4.69, 9.17) is 9.47 Å². The first kappa shape index (κ1) is 17.6. The van der Waals surface area contributed by atoms with Crippen LogP contribution in [-0.4, -0.2) is 31.4 Å². The standard InChI is InChI=1S/C18H22N2O4/c1-3-24-17-7-5-4-6-15(17)20-18(22)19-12-16(21)13-8-10-14(23-2)11-9-13/h4-11,16,21H,3,12H2,1-2H3,(H2,19,20,22). The summed E-state index contributed by atoms with van der Waals surface area (Å²) < 4.78 is 10.5. The number of hydrogen-bond donors (Lipinski definition) is 3. The van der Waals surface area contributed by atoms with Crippen molar-refractivity contribution in [3.63, 3.8) is 0 Å². The Labute approximate surface area is 141 Å². The second-order valence-corrected chi connectivity index (χ2v) is 5.05. The molecule has 6 nitrogen and oxygen atoms in total. The number of methoxy groups -OCH3 is 1. The molecule has 2 aromatic rings. The number of rotatable bonds is 7. The van der Waals surface area contributed by atoms with Gasteiger partial charge in [-0.1, -0.05) is 24.3 Å². The van der Waals surface area contributed by atoms with Crippen LogP contribution in [0.25, 0.3) is 0 Å². The van der Waals surface area contributed by atoms with Gasteiger partial charge in [0.05, 0.1) is 25.5 Å². The maximum atomic E-state index is 12.0. The molecular weight excluding hydrogens is 308 g/mol. The molecule has 2 rings (SSSR count). The van der Waals surface area contributed by atoms with Gasteiger partial charge >= 0.3 is 6.03 Å². The molecule has 3 N–H and O–H groups in total. The zero-order valence-electron chi connectivity index (χ0n) is 13.8. The molecule has 128 valence electrons. The van der Waals surface area contributed by atoms with Crippen LogP contribution in [0.1, 0.15) is 18.6 Å². The first-order valence-electron chi connectivity index (χ1n) is 7.72. The number of para-hydroxylation sites is 2. The highest BCUT2D eigenvalue weighted by molar-refractivity contribution is 5.90. The smallest absolute Gasteiger partial charge is 0.319 e. The van der Waals surface area contributed by atoms with Gasteiger partial charge in [0, 0.05) is 6.54 Å². The lowest BCUT2D eigenvalue weighted by molar-refractivity contribution is 0.175. The number of benzene rings is 2. The van der Waals surface area contributed by atoms with Crippen LogP contribution in [-0.2, 0) is 0 Å². The lowest BCUT2D eigenvalue weighted by Crippen LogP contribution is -2.32. The summed E-state index contributed by atoms with van der Waals surface area (Å²) in [6, 6.07) is 13.8. The Morgan fingerprint density at radius 3 is 2.54 bits per heavy atom. The molecule has 1 atom stereocenters. The molecule has 0 fully saturated rings. The number of nitrogens with one attached hydrogen (secondary N) is 2. The predicted molar refractivity (Wildman–Crippen MR) is 92.6 cm³/mol. The molecule has 0 aromatic heterocycles. The van der Waals surface area contributed by atoms with Crippen LogP contribution in [0.2, 0.25) is 0 Å². The molecule has 2 amide bonds. The molecule has 0 saturated heterocycles. The highest BCUT2D eigenvalue weighted by Crippen LogP contribution is 2.23. The van der Waals surface area contributed by atoms with Gasteiger partial charge in [-0.2, -0.15) is 0 Å². The molecule has 2 aromatic carbocycles. The molecule has 0 aliphatic heterocycles. The monoisotopic (exact) mass is 330 g/mol. The summed E-state index contributed by atoms with van der Waals surface area (Å²) >= 11 is 0. The number of aliphatic hydroxyl groups is 1. The van der Waals surface area contributed by atoms with Crippen LogP contribution in [0, 0.1) is 0 Å². The lowest BCUT2D eigenvalue weighted by atomic mass is 10.1. The van der Waals surface area contributed by atoms with Gasteiger partial charge in [0.25, 0.3) is 0 Å². The van der Waals surface area contributed by atoms with Crippen molar-refractivity contribution in [2.24, 2.45) is 0 Å². The molecule has 0 heterocycles. The van der Waals surface area contributed by atoms with Crippen LogP contribution in [0.5, 0.6) is 11.5 Å². The zero-order valence-corrected chi connectivity index (χ0v) is 13.8. The third-order valence-electron chi connectivity index (χ3n) is 3.39. The molecule has 24 heavy (non-hydrogen) atoms. The number of aliphatic hydroxyl groups excluding tert-OH is 1. The number of ether oxygens (including phenoxy) is 2. The third kappa shape index (κ3) is 4.89. The van der Waals surface area contributed by atoms with Crippen molar-refractivity contribution in [2.75, 3.05) is 25.6 Å². The summed E-state index contributed by atoms with van der Waals surface area (Å²) in [6.45, 7) is 2.48. The summed E-state index contributed by atoms with van der Waals surface area (Å²) in [4.78, 5) is 12.0. The highest BCUT2D eigenvalue weighted by atomic mass is 16.5. The van der Waals surface area contributed by atoms with Crippen molar-refractivity contribution in [1.29, 1.82) is 0 Å². The van der Waals surface area contributed by atoms with E-state index >= 15 is 0 Å². The molecule has 0 aliphatic rings. The summed E-state index contributed by atoms with van der Waals surface area (Å²) in [7, 11) is 1.58. The Kier molecular flexibility index (Phi) is 6.45. The van der Waals surface area contributed by atoms with Gasteiger partial charge in [-0.05, 0) is 36.8 Å². The minimum atomic E-state index is -0.802. The van der Waals surface area contributed by atoms with Gasteiger partial charge in [0.15, 0.2) is 0 Å². The van der Waals surface area contributed by atoms with Gasteiger partial charge in [-0.15, -0.1) is 0 Å². The minimum Gasteiger partial charge on any atom is -0.497 e. The number of carbonyl (C=O) groups is 1. The van der Waals surface area contributed by atoms with E-state index < -0.39 is 12.1 Å². The quantitative estimate of drug-likeness (QED) is 0.729. The van der Waals surface area contributed by atoms with E-state index in [-0.39, 0.29) is 6.54 Å². The van der Waals surface area contributed by atoms with Gasteiger partial charge < -0.3 is 25.2 Å². The fraction of sp³-hybridized carbons (Fsp3) is 0.278. The zero-order chi connectivity index (χ0) is 17.4. The van der Waals surface area contributed by atoms with Gasteiger partial charge in [0.1, 0.15) is 11.5 Å². The van der Waals surface area contributed by atoms with E-state index in [2.05, 4.69) is 10.6 Å². The fourth-order valence-corrected chi connectivity index (χ4v) is 2.15. The van der Waals surface area contributed by atoms with Gasteiger partial charge in [-0.3, -0.25) is 0 Å². The molecule has 1 unspecified atom stereocenters. The van der Waals surface area contributed by atoms with Crippen molar-refractivity contribution in [2.45, 2.75) is 13.0 Å². The van der Waals surface area contributed by atoms with Gasteiger partial charge in [0.2, 0.25) is 0 Å². The van der Waals surface area contributed by atoms with Crippen LogP contribution in [0.3, 0.4) is 0 Å². The second-order valence-electron chi connectivity index (χ2n) is 5.05. The summed E-state index contributed by atoms with van der Waals surface area (Å²) in [5.41, 5.74) is 1.28. The Hall–Kier alpha value is -2.73. The molecule has 0 saturated carbocycles. The molecule has 0 bridgehead atoms. The normalized spacial score (nSPS) is 11.5. The Morgan fingerprint density at radius 1 is 1.17 bits per heavy atom. The molecule has 0 radical (unpaired) electrons. The van der Waals surface area contributed by atoms with Crippen LogP contribution >= 0.6 is 0 Å². The Balaban J connectivity index is 1.88. The van der Waals surface area contributed by atoms with E-state index in [1.807, 2.05) is 19.1 Å². The number of anilines is 1. The van der Waals surface area contributed by atoms with Crippen molar-refractivity contribution in [3.05, 3.63) is 54.1 Å². The number of carbonyl (C=O) groups excluding carboxylic acids is 1. The van der Waals surface area contributed by atoms with E-state index in [1.54, 1.807) is 43.5 Å². The highest BCUT2D eigenvalue weighted by Gasteiger charge is 2.11. The van der Waals surface area contributed by atoms with Gasteiger partial charge in [-0.25, -0.2) is 4.79 Å². The average Bonchev–Trinajstić information content (AvgIpc) is 2.61. The number of amides is 2.